The standard InChI is InChI=1S/C23H34N4O3/c28-23(19-8-9-21(22(16-19)27(29)30)26-12-4-5-13-26)24-20-10-14-25(15-11-20)17-18-6-2-1-3-7-18/h8-9,16,18,20H,1-7,10-15,17H2,(H,24,28). The van der Waals surface area contributed by atoms with Crippen LogP contribution in [0, 0.1) is 16.0 Å². The Labute approximate surface area is 179 Å². The topological polar surface area (TPSA) is 78.7 Å². The second-order valence-corrected chi connectivity index (χ2v) is 9.21. The van der Waals surface area contributed by atoms with Gasteiger partial charge in [-0.25, -0.2) is 0 Å². The third-order valence-electron chi connectivity index (χ3n) is 7.04. The minimum absolute atomic E-state index is 0.0341. The molecular weight excluding hydrogens is 380 g/mol. The molecule has 1 saturated carbocycles. The van der Waals surface area contributed by atoms with E-state index in [-0.39, 0.29) is 22.6 Å². The number of likely N-dealkylation sites (tertiary alicyclic amines) is 1. The maximum absolute atomic E-state index is 12.8. The van der Waals surface area contributed by atoms with Gasteiger partial charge in [-0.2, -0.15) is 0 Å². The normalized spacial score (nSPS) is 21.7. The number of piperidine rings is 1. The highest BCUT2D eigenvalue weighted by atomic mass is 16.6. The Morgan fingerprint density at radius 2 is 1.70 bits per heavy atom. The van der Waals surface area contributed by atoms with Gasteiger partial charge in [0, 0.05) is 50.4 Å². The third-order valence-corrected chi connectivity index (χ3v) is 7.04. The van der Waals surface area contributed by atoms with Gasteiger partial charge < -0.3 is 15.1 Å². The Kier molecular flexibility index (Phi) is 6.87. The van der Waals surface area contributed by atoms with Crippen molar-refractivity contribution in [2.24, 2.45) is 5.92 Å². The minimum Gasteiger partial charge on any atom is -0.366 e. The number of amides is 1. The average molecular weight is 415 g/mol. The fourth-order valence-corrected chi connectivity index (χ4v) is 5.30. The maximum atomic E-state index is 12.8. The zero-order valence-corrected chi connectivity index (χ0v) is 17.9. The summed E-state index contributed by atoms with van der Waals surface area (Å²) in [5.41, 5.74) is 1.05. The molecule has 2 saturated heterocycles. The number of nitrogens with one attached hydrogen (secondary N) is 1. The molecule has 2 heterocycles. The van der Waals surface area contributed by atoms with Crippen molar-refractivity contribution in [1.82, 2.24) is 10.2 Å². The van der Waals surface area contributed by atoms with E-state index in [4.69, 9.17) is 0 Å². The SMILES string of the molecule is O=C(NC1CCN(CC2CCCCC2)CC1)c1ccc(N2CCCC2)c([N+](=O)[O-])c1. The Bertz CT molecular complexity index is 749. The molecular formula is C23H34N4O3. The van der Waals surface area contributed by atoms with Crippen LogP contribution in [0.5, 0.6) is 0 Å². The van der Waals surface area contributed by atoms with Crippen molar-refractivity contribution in [3.8, 4) is 0 Å². The lowest BCUT2D eigenvalue weighted by molar-refractivity contribution is -0.384. The summed E-state index contributed by atoms with van der Waals surface area (Å²) >= 11 is 0. The molecule has 0 aromatic heterocycles. The van der Waals surface area contributed by atoms with Crippen molar-refractivity contribution in [3.63, 3.8) is 0 Å². The molecule has 7 nitrogen and oxygen atoms in total. The van der Waals surface area contributed by atoms with Crippen molar-refractivity contribution in [1.29, 1.82) is 0 Å². The van der Waals surface area contributed by atoms with Gasteiger partial charge >= 0.3 is 0 Å². The minimum atomic E-state index is -0.367. The lowest BCUT2D eigenvalue weighted by Gasteiger charge is -2.35. The monoisotopic (exact) mass is 414 g/mol. The van der Waals surface area contributed by atoms with Crippen LogP contribution in [0.25, 0.3) is 0 Å². The quantitative estimate of drug-likeness (QED) is 0.563. The molecule has 1 N–H and O–H groups in total. The molecule has 30 heavy (non-hydrogen) atoms. The molecule has 4 rings (SSSR count). The summed E-state index contributed by atoms with van der Waals surface area (Å²) in [4.78, 5) is 28.6. The summed E-state index contributed by atoms with van der Waals surface area (Å²) in [6.07, 6.45) is 10.9. The summed E-state index contributed by atoms with van der Waals surface area (Å²) in [6.45, 7) is 4.92. The van der Waals surface area contributed by atoms with E-state index in [9.17, 15) is 14.9 Å². The zero-order valence-electron chi connectivity index (χ0n) is 17.9. The van der Waals surface area contributed by atoms with Crippen LogP contribution in [0.1, 0.15) is 68.1 Å². The van der Waals surface area contributed by atoms with Crippen molar-refractivity contribution in [2.75, 3.05) is 37.6 Å². The molecule has 1 amide bonds. The summed E-state index contributed by atoms with van der Waals surface area (Å²) in [5, 5.41) is 14.7. The fraction of sp³-hybridized carbons (Fsp3) is 0.696. The lowest BCUT2D eigenvalue weighted by atomic mass is 9.88. The number of nitro groups is 1. The van der Waals surface area contributed by atoms with Gasteiger partial charge in [-0.15, -0.1) is 0 Å². The summed E-state index contributed by atoms with van der Waals surface area (Å²) < 4.78 is 0. The van der Waals surface area contributed by atoms with E-state index in [0.717, 1.165) is 57.8 Å². The van der Waals surface area contributed by atoms with Crippen molar-refractivity contribution in [2.45, 2.75) is 63.8 Å². The van der Waals surface area contributed by atoms with Gasteiger partial charge in [0.15, 0.2) is 0 Å². The summed E-state index contributed by atoms with van der Waals surface area (Å²) in [7, 11) is 0. The van der Waals surface area contributed by atoms with Crippen LogP contribution in [0.4, 0.5) is 11.4 Å². The van der Waals surface area contributed by atoms with Gasteiger partial charge in [0.2, 0.25) is 0 Å². The van der Waals surface area contributed by atoms with E-state index in [1.165, 1.54) is 44.7 Å². The number of hydrogen-bond donors (Lipinski definition) is 1. The molecule has 164 valence electrons. The summed E-state index contributed by atoms with van der Waals surface area (Å²) in [6, 6.07) is 5.07. The van der Waals surface area contributed by atoms with Crippen LogP contribution >= 0.6 is 0 Å². The summed E-state index contributed by atoms with van der Waals surface area (Å²) in [5.74, 6) is 0.649. The highest BCUT2D eigenvalue weighted by molar-refractivity contribution is 5.96. The molecule has 2 aliphatic heterocycles. The van der Waals surface area contributed by atoms with Gasteiger partial charge in [0.1, 0.15) is 5.69 Å². The average Bonchev–Trinajstić information content (AvgIpc) is 3.30. The van der Waals surface area contributed by atoms with Gasteiger partial charge in [0.05, 0.1) is 4.92 Å². The number of rotatable bonds is 6. The zero-order chi connectivity index (χ0) is 20.9. The van der Waals surface area contributed by atoms with Gasteiger partial charge in [0.25, 0.3) is 11.6 Å². The number of carbonyl (C=O) groups is 1. The second-order valence-electron chi connectivity index (χ2n) is 9.21. The molecule has 1 aromatic carbocycles. The van der Waals surface area contributed by atoms with Gasteiger partial charge in [-0.1, -0.05) is 19.3 Å². The molecule has 7 heteroatoms. The third kappa shape index (κ3) is 5.12. The number of nitro benzene ring substituents is 1. The molecule has 0 atom stereocenters. The fourth-order valence-electron chi connectivity index (χ4n) is 5.30. The van der Waals surface area contributed by atoms with Gasteiger partial charge in [-0.3, -0.25) is 14.9 Å². The largest absolute Gasteiger partial charge is 0.366 e. The smallest absolute Gasteiger partial charge is 0.293 e. The van der Waals surface area contributed by atoms with E-state index < -0.39 is 0 Å². The Hall–Kier alpha value is -2.15. The van der Waals surface area contributed by atoms with Gasteiger partial charge in [-0.05, 0) is 56.6 Å². The number of nitrogens with zero attached hydrogens (tertiary/aromatic N) is 3. The van der Waals surface area contributed by atoms with Crippen LogP contribution in [0.3, 0.4) is 0 Å². The van der Waals surface area contributed by atoms with Crippen LogP contribution in [0.15, 0.2) is 18.2 Å². The number of carbonyl (C=O) groups excluding carboxylic acids is 1. The molecule has 0 unspecified atom stereocenters. The molecule has 0 radical (unpaired) electrons. The second kappa shape index (κ2) is 9.77. The predicted octanol–water partition coefficient (Wildman–Crippen LogP) is 3.97. The van der Waals surface area contributed by atoms with Crippen LogP contribution in [0.2, 0.25) is 0 Å². The van der Waals surface area contributed by atoms with Crippen molar-refractivity contribution < 1.29 is 9.72 Å². The van der Waals surface area contributed by atoms with Crippen molar-refractivity contribution in [3.05, 3.63) is 33.9 Å². The van der Waals surface area contributed by atoms with E-state index in [0.29, 0.717) is 11.3 Å². The first-order valence-corrected chi connectivity index (χ1v) is 11.7. The van der Waals surface area contributed by atoms with Crippen LogP contribution < -0.4 is 10.2 Å². The predicted molar refractivity (Wildman–Crippen MR) is 118 cm³/mol. The van der Waals surface area contributed by atoms with E-state index >= 15 is 0 Å². The first-order valence-electron chi connectivity index (χ1n) is 11.7. The Morgan fingerprint density at radius 1 is 1.00 bits per heavy atom. The molecule has 1 aromatic rings. The molecule has 1 aliphatic carbocycles. The van der Waals surface area contributed by atoms with Crippen LogP contribution in [-0.2, 0) is 0 Å². The lowest BCUT2D eigenvalue weighted by Crippen LogP contribution is -2.46. The number of anilines is 1. The first-order chi connectivity index (χ1) is 14.6. The Morgan fingerprint density at radius 3 is 2.37 bits per heavy atom. The molecule has 0 spiro atoms. The molecule has 3 fully saturated rings. The highest BCUT2D eigenvalue weighted by Gasteiger charge is 2.26. The van der Waals surface area contributed by atoms with E-state index in [1.807, 2.05) is 4.90 Å². The first kappa shape index (κ1) is 21.1. The van der Waals surface area contributed by atoms with E-state index in [2.05, 4.69) is 10.2 Å². The number of benzene rings is 1. The highest BCUT2D eigenvalue weighted by Crippen LogP contribution is 2.32. The number of hydrogen-bond acceptors (Lipinski definition) is 5. The Balaban J connectivity index is 1.31. The molecule has 0 bridgehead atoms. The molecule has 3 aliphatic rings. The van der Waals surface area contributed by atoms with Crippen molar-refractivity contribution >= 4 is 17.3 Å². The van der Waals surface area contributed by atoms with E-state index in [1.54, 1.807) is 12.1 Å². The van der Waals surface area contributed by atoms with Crippen LogP contribution in [-0.4, -0.2) is 54.5 Å². The maximum Gasteiger partial charge on any atom is 0.293 e.